The van der Waals surface area contributed by atoms with Gasteiger partial charge in [-0.25, -0.2) is 4.98 Å². The third-order valence-corrected chi connectivity index (χ3v) is 3.15. The van der Waals surface area contributed by atoms with Gasteiger partial charge in [-0.2, -0.15) is 0 Å². The molecule has 0 aliphatic carbocycles. The first-order chi connectivity index (χ1) is 9.16. The predicted molar refractivity (Wildman–Crippen MR) is 75.1 cm³/mol. The fourth-order valence-corrected chi connectivity index (χ4v) is 2.16. The lowest BCUT2D eigenvalue weighted by Crippen LogP contribution is -2.05. The molecule has 0 aliphatic heterocycles. The van der Waals surface area contributed by atoms with Gasteiger partial charge >= 0.3 is 0 Å². The predicted octanol–water partition coefficient (Wildman–Crippen LogP) is 2.68. The van der Waals surface area contributed by atoms with E-state index in [0.717, 1.165) is 10.9 Å². The van der Waals surface area contributed by atoms with E-state index in [9.17, 15) is 4.79 Å². The van der Waals surface area contributed by atoms with Crippen LogP contribution >= 0.6 is 0 Å². The Morgan fingerprint density at radius 2 is 2.11 bits per heavy atom. The second-order valence-corrected chi connectivity index (χ2v) is 4.52. The summed E-state index contributed by atoms with van der Waals surface area (Å²) < 4.78 is 0. The largest absolute Gasteiger partial charge is 0.398 e. The number of hydrogen-bond acceptors (Lipinski definition) is 3. The monoisotopic (exact) mass is 251 g/mol. The second-order valence-electron chi connectivity index (χ2n) is 4.52. The molecule has 4 nitrogen and oxygen atoms in total. The van der Waals surface area contributed by atoms with Crippen LogP contribution in [0.4, 0.5) is 5.69 Å². The molecule has 0 amide bonds. The minimum Gasteiger partial charge on any atom is -0.398 e. The summed E-state index contributed by atoms with van der Waals surface area (Å²) in [5, 5.41) is 0.813. The number of nitrogen functional groups attached to an aromatic ring is 1. The maximum atomic E-state index is 12.6. The molecule has 0 saturated carbocycles. The normalized spacial score (nSPS) is 10.8. The van der Waals surface area contributed by atoms with E-state index >= 15 is 0 Å². The number of aromatic amines is 1. The van der Waals surface area contributed by atoms with Crippen molar-refractivity contribution >= 4 is 22.5 Å². The second kappa shape index (κ2) is 4.24. The maximum Gasteiger partial charge on any atom is 0.197 e. The summed E-state index contributed by atoms with van der Waals surface area (Å²) in [5.74, 6) is -0.0829. The van der Waals surface area contributed by atoms with E-state index in [1.54, 1.807) is 18.5 Å². The Morgan fingerprint density at radius 3 is 2.95 bits per heavy atom. The fraction of sp³-hybridized carbons (Fsp3) is 0.0667. The van der Waals surface area contributed by atoms with E-state index in [0.29, 0.717) is 22.5 Å². The minimum atomic E-state index is -0.0829. The molecule has 3 aromatic rings. The van der Waals surface area contributed by atoms with Gasteiger partial charge in [-0.15, -0.1) is 0 Å². The lowest BCUT2D eigenvalue weighted by atomic mass is 10.00. The van der Waals surface area contributed by atoms with E-state index in [-0.39, 0.29) is 5.78 Å². The maximum absolute atomic E-state index is 12.6. The molecule has 0 aliphatic rings. The van der Waals surface area contributed by atoms with Crippen molar-refractivity contribution in [3.8, 4) is 0 Å². The summed E-state index contributed by atoms with van der Waals surface area (Å²) >= 11 is 0. The molecule has 0 bridgehead atoms. The number of anilines is 1. The lowest BCUT2D eigenvalue weighted by Gasteiger charge is -2.05. The van der Waals surface area contributed by atoms with Gasteiger partial charge in [-0.05, 0) is 31.2 Å². The van der Waals surface area contributed by atoms with Crippen molar-refractivity contribution in [2.75, 3.05) is 5.73 Å². The van der Waals surface area contributed by atoms with E-state index in [2.05, 4.69) is 9.97 Å². The first kappa shape index (κ1) is 11.5. The summed E-state index contributed by atoms with van der Waals surface area (Å²) in [5.41, 5.74) is 9.23. The number of nitrogens with one attached hydrogen (secondary N) is 1. The number of fused-ring (bicyclic) bond motifs is 1. The van der Waals surface area contributed by atoms with Gasteiger partial charge in [0.1, 0.15) is 5.65 Å². The average Bonchev–Trinajstić information content (AvgIpc) is 2.84. The Bertz CT molecular complexity index is 774. The number of pyridine rings is 1. The van der Waals surface area contributed by atoms with Gasteiger partial charge in [0.15, 0.2) is 5.78 Å². The molecule has 0 unspecified atom stereocenters. The standard InChI is InChI=1S/C15H13N3O/c1-9-4-5-13(16)11(7-9)14(19)12-8-18-15-10(12)3-2-6-17-15/h2-8H,16H2,1H3,(H,17,18). The number of benzene rings is 1. The highest BCUT2D eigenvalue weighted by Gasteiger charge is 2.16. The molecule has 0 atom stereocenters. The number of H-pyrrole nitrogens is 1. The zero-order valence-electron chi connectivity index (χ0n) is 10.5. The topological polar surface area (TPSA) is 71.8 Å². The number of carbonyl (C=O) groups excluding carboxylic acids is 1. The van der Waals surface area contributed by atoms with Crippen LogP contribution < -0.4 is 5.73 Å². The first-order valence-corrected chi connectivity index (χ1v) is 6.00. The van der Waals surface area contributed by atoms with Crippen molar-refractivity contribution in [3.05, 3.63) is 59.4 Å². The number of rotatable bonds is 2. The van der Waals surface area contributed by atoms with E-state index in [1.807, 2.05) is 31.2 Å². The molecule has 2 heterocycles. The highest BCUT2D eigenvalue weighted by atomic mass is 16.1. The van der Waals surface area contributed by atoms with Crippen LogP contribution in [0.3, 0.4) is 0 Å². The van der Waals surface area contributed by atoms with Crippen LogP contribution in [0.1, 0.15) is 21.5 Å². The van der Waals surface area contributed by atoms with Crippen LogP contribution in [0.25, 0.3) is 11.0 Å². The smallest absolute Gasteiger partial charge is 0.197 e. The zero-order chi connectivity index (χ0) is 13.4. The van der Waals surface area contributed by atoms with E-state index in [4.69, 9.17) is 5.73 Å². The Morgan fingerprint density at radius 1 is 1.26 bits per heavy atom. The van der Waals surface area contributed by atoms with Crippen LogP contribution in [0, 0.1) is 6.92 Å². The lowest BCUT2D eigenvalue weighted by molar-refractivity contribution is 0.104. The van der Waals surface area contributed by atoms with Crippen molar-refractivity contribution in [2.45, 2.75) is 6.92 Å². The van der Waals surface area contributed by atoms with Crippen LogP contribution in [0.5, 0.6) is 0 Å². The summed E-state index contributed by atoms with van der Waals surface area (Å²) in [4.78, 5) is 19.7. The molecule has 2 aromatic heterocycles. The number of carbonyl (C=O) groups is 1. The van der Waals surface area contributed by atoms with Crippen molar-refractivity contribution in [1.29, 1.82) is 0 Å². The highest BCUT2D eigenvalue weighted by molar-refractivity contribution is 6.18. The van der Waals surface area contributed by atoms with Gasteiger partial charge in [0, 0.05) is 34.6 Å². The molecular formula is C15H13N3O. The van der Waals surface area contributed by atoms with Gasteiger partial charge < -0.3 is 10.7 Å². The number of aryl methyl sites for hydroxylation is 1. The molecule has 19 heavy (non-hydrogen) atoms. The molecule has 0 saturated heterocycles. The zero-order valence-corrected chi connectivity index (χ0v) is 10.5. The Labute approximate surface area is 110 Å². The summed E-state index contributed by atoms with van der Waals surface area (Å²) in [6, 6.07) is 9.15. The molecular weight excluding hydrogens is 238 g/mol. The third kappa shape index (κ3) is 1.87. The van der Waals surface area contributed by atoms with Gasteiger partial charge in [0.2, 0.25) is 0 Å². The van der Waals surface area contributed by atoms with Gasteiger partial charge in [-0.1, -0.05) is 11.6 Å². The number of hydrogen-bond donors (Lipinski definition) is 2. The summed E-state index contributed by atoms with van der Waals surface area (Å²) in [6.45, 7) is 1.94. The van der Waals surface area contributed by atoms with Crippen LogP contribution in [0.15, 0.2) is 42.7 Å². The Hall–Kier alpha value is -2.62. The molecule has 3 N–H and O–H groups in total. The number of aromatic nitrogens is 2. The fourth-order valence-electron chi connectivity index (χ4n) is 2.16. The van der Waals surface area contributed by atoms with Crippen molar-refractivity contribution in [3.63, 3.8) is 0 Å². The van der Waals surface area contributed by atoms with E-state index in [1.165, 1.54) is 0 Å². The Kier molecular flexibility index (Phi) is 2.56. The molecule has 94 valence electrons. The van der Waals surface area contributed by atoms with Crippen LogP contribution in [-0.4, -0.2) is 15.8 Å². The van der Waals surface area contributed by atoms with Crippen LogP contribution in [0.2, 0.25) is 0 Å². The molecule has 0 spiro atoms. The molecule has 0 radical (unpaired) electrons. The van der Waals surface area contributed by atoms with Crippen molar-refractivity contribution < 1.29 is 4.79 Å². The molecule has 1 aromatic carbocycles. The van der Waals surface area contributed by atoms with Crippen molar-refractivity contribution in [2.24, 2.45) is 0 Å². The molecule has 3 rings (SSSR count). The number of nitrogens with two attached hydrogens (primary N) is 1. The minimum absolute atomic E-state index is 0.0829. The van der Waals surface area contributed by atoms with Crippen molar-refractivity contribution in [1.82, 2.24) is 9.97 Å². The number of ketones is 1. The third-order valence-electron chi connectivity index (χ3n) is 3.15. The van der Waals surface area contributed by atoms with Crippen LogP contribution in [-0.2, 0) is 0 Å². The highest BCUT2D eigenvalue weighted by Crippen LogP contribution is 2.23. The SMILES string of the molecule is Cc1ccc(N)c(C(=O)c2c[nH]c3ncccc23)c1. The summed E-state index contributed by atoms with van der Waals surface area (Å²) in [7, 11) is 0. The quantitative estimate of drug-likeness (QED) is 0.543. The van der Waals surface area contributed by atoms with E-state index < -0.39 is 0 Å². The van der Waals surface area contributed by atoms with Gasteiger partial charge in [-0.3, -0.25) is 4.79 Å². The summed E-state index contributed by atoms with van der Waals surface area (Å²) in [6.07, 6.45) is 3.37. The van der Waals surface area contributed by atoms with Gasteiger partial charge in [0.05, 0.1) is 0 Å². The first-order valence-electron chi connectivity index (χ1n) is 6.00. The Balaban J connectivity index is 2.16. The molecule has 0 fully saturated rings. The van der Waals surface area contributed by atoms with Gasteiger partial charge in [0.25, 0.3) is 0 Å². The average molecular weight is 251 g/mol. The number of nitrogens with zero attached hydrogens (tertiary/aromatic N) is 1. The molecule has 4 heteroatoms.